The number of esters is 1. The highest BCUT2D eigenvalue weighted by Gasteiger charge is 2.37. The van der Waals surface area contributed by atoms with Gasteiger partial charge in [-0.1, -0.05) is 42.5 Å². The zero-order chi connectivity index (χ0) is 12.4. The number of ether oxygens (including phenoxy) is 1. The molecule has 94 valence electrons. The van der Waals surface area contributed by atoms with Gasteiger partial charge in [0.15, 0.2) is 0 Å². The predicted octanol–water partition coefficient (Wildman–Crippen LogP) is 3.33. The third kappa shape index (κ3) is 2.33. The largest absolute Gasteiger partial charge is 0.461 e. The average molecular weight is 242 g/mol. The number of hydrogen-bond donors (Lipinski definition) is 0. The highest BCUT2D eigenvalue weighted by molar-refractivity contribution is 5.73. The quantitative estimate of drug-likeness (QED) is 0.600. The minimum atomic E-state index is -0.0158. The van der Waals surface area contributed by atoms with E-state index in [2.05, 4.69) is 12.2 Å². The van der Waals surface area contributed by atoms with Gasteiger partial charge < -0.3 is 4.74 Å². The van der Waals surface area contributed by atoms with E-state index in [1.54, 1.807) is 0 Å². The summed E-state index contributed by atoms with van der Waals surface area (Å²) >= 11 is 0. The van der Waals surface area contributed by atoms with E-state index in [4.69, 9.17) is 4.74 Å². The number of carbonyl (C=O) groups excluding carboxylic acids is 1. The molecule has 1 aromatic carbocycles. The van der Waals surface area contributed by atoms with Gasteiger partial charge in [0, 0.05) is 0 Å². The average Bonchev–Trinajstić information content (AvgIpc) is 2.47. The van der Waals surface area contributed by atoms with E-state index >= 15 is 0 Å². The van der Waals surface area contributed by atoms with E-state index in [-0.39, 0.29) is 11.9 Å². The van der Waals surface area contributed by atoms with Crippen LogP contribution in [0.15, 0.2) is 42.5 Å². The number of rotatable bonds is 3. The topological polar surface area (TPSA) is 26.3 Å². The SMILES string of the molecule is O=C(OCc1ccccc1)[C@@H]1C[C@@H]2C=C[C@H]1CC2. The number of benzene rings is 1. The molecule has 0 aromatic heterocycles. The van der Waals surface area contributed by atoms with Crippen LogP contribution in [0.25, 0.3) is 0 Å². The maximum Gasteiger partial charge on any atom is 0.309 e. The first-order valence-electron chi connectivity index (χ1n) is 6.72. The van der Waals surface area contributed by atoms with Gasteiger partial charge in [0.2, 0.25) is 0 Å². The lowest BCUT2D eigenvalue weighted by molar-refractivity contribution is -0.153. The minimum absolute atomic E-state index is 0.0158. The number of allylic oxidation sites excluding steroid dienone is 2. The van der Waals surface area contributed by atoms with Gasteiger partial charge >= 0.3 is 5.97 Å². The van der Waals surface area contributed by atoms with Gasteiger partial charge in [-0.15, -0.1) is 0 Å². The summed E-state index contributed by atoms with van der Waals surface area (Å²) in [6.07, 6.45) is 7.85. The highest BCUT2D eigenvalue weighted by Crippen LogP contribution is 2.40. The molecular weight excluding hydrogens is 224 g/mol. The lowest BCUT2D eigenvalue weighted by Crippen LogP contribution is -2.33. The summed E-state index contributed by atoms with van der Waals surface area (Å²) in [5, 5.41) is 0. The Labute approximate surface area is 108 Å². The molecule has 0 heterocycles. The van der Waals surface area contributed by atoms with Crippen LogP contribution in [-0.4, -0.2) is 5.97 Å². The molecule has 2 bridgehead atoms. The van der Waals surface area contributed by atoms with Gasteiger partial charge in [-0.2, -0.15) is 0 Å². The van der Waals surface area contributed by atoms with Crippen molar-refractivity contribution in [1.29, 1.82) is 0 Å². The van der Waals surface area contributed by atoms with E-state index in [0.29, 0.717) is 18.4 Å². The summed E-state index contributed by atoms with van der Waals surface area (Å²) in [4.78, 5) is 12.1. The van der Waals surface area contributed by atoms with E-state index in [1.165, 1.54) is 6.42 Å². The van der Waals surface area contributed by atoms with Crippen molar-refractivity contribution in [3.8, 4) is 0 Å². The third-order valence-corrected chi connectivity index (χ3v) is 4.10. The van der Waals surface area contributed by atoms with Gasteiger partial charge in [0.05, 0.1) is 5.92 Å². The first-order valence-corrected chi connectivity index (χ1v) is 6.72. The Morgan fingerprint density at radius 1 is 1.17 bits per heavy atom. The van der Waals surface area contributed by atoms with Crippen molar-refractivity contribution in [2.75, 3.05) is 0 Å². The molecular formula is C16H18O2. The Kier molecular flexibility index (Phi) is 3.18. The fourth-order valence-electron chi connectivity index (χ4n) is 3.04. The van der Waals surface area contributed by atoms with E-state index in [0.717, 1.165) is 18.4 Å². The number of carbonyl (C=O) groups is 1. The normalized spacial score (nSPS) is 29.2. The van der Waals surface area contributed by atoms with Crippen molar-refractivity contribution in [2.45, 2.75) is 25.9 Å². The van der Waals surface area contributed by atoms with Crippen molar-refractivity contribution in [3.05, 3.63) is 48.0 Å². The van der Waals surface area contributed by atoms with E-state index in [9.17, 15) is 4.79 Å². The molecule has 3 aliphatic carbocycles. The summed E-state index contributed by atoms with van der Waals surface area (Å²) in [5.74, 6) is 1.10. The summed E-state index contributed by atoms with van der Waals surface area (Å²) in [5.41, 5.74) is 1.06. The molecule has 4 rings (SSSR count). The first kappa shape index (κ1) is 11.5. The molecule has 1 saturated carbocycles. The predicted molar refractivity (Wildman–Crippen MR) is 69.7 cm³/mol. The molecule has 0 aliphatic heterocycles. The minimum Gasteiger partial charge on any atom is -0.461 e. The van der Waals surface area contributed by atoms with Crippen LogP contribution in [0, 0.1) is 17.8 Å². The summed E-state index contributed by atoms with van der Waals surface area (Å²) < 4.78 is 5.45. The number of hydrogen-bond acceptors (Lipinski definition) is 2. The lowest BCUT2D eigenvalue weighted by Gasteiger charge is -2.36. The van der Waals surface area contributed by atoms with Crippen molar-refractivity contribution < 1.29 is 9.53 Å². The molecule has 2 heteroatoms. The summed E-state index contributed by atoms with van der Waals surface area (Å²) in [6.45, 7) is 0.400. The molecule has 18 heavy (non-hydrogen) atoms. The summed E-state index contributed by atoms with van der Waals surface area (Å²) in [7, 11) is 0. The van der Waals surface area contributed by atoms with Gasteiger partial charge in [0.1, 0.15) is 6.61 Å². The third-order valence-electron chi connectivity index (χ3n) is 4.10. The van der Waals surface area contributed by atoms with Crippen LogP contribution in [0.2, 0.25) is 0 Å². The maximum atomic E-state index is 12.1. The number of fused-ring (bicyclic) bond motifs is 2. The van der Waals surface area contributed by atoms with Crippen molar-refractivity contribution in [2.24, 2.45) is 17.8 Å². The Morgan fingerprint density at radius 3 is 2.61 bits per heavy atom. The van der Waals surface area contributed by atoms with Gasteiger partial charge in [-0.3, -0.25) is 4.79 Å². The molecule has 0 spiro atoms. The smallest absolute Gasteiger partial charge is 0.309 e. The van der Waals surface area contributed by atoms with Gasteiger partial charge in [-0.05, 0) is 36.7 Å². The van der Waals surface area contributed by atoms with Crippen LogP contribution in [0.1, 0.15) is 24.8 Å². The second-order valence-corrected chi connectivity index (χ2v) is 5.32. The molecule has 0 radical (unpaired) electrons. The molecule has 1 aromatic rings. The van der Waals surface area contributed by atoms with Crippen molar-refractivity contribution >= 4 is 5.97 Å². The van der Waals surface area contributed by atoms with Crippen molar-refractivity contribution in [3.63, 3.8) is 0 Å². The van der Waals surface area contributed by atoms with Crippen LogP contribution >= 0.6 is 0 Å². The maximum absolute atomic E-state index is 12.1. The monoisotopic (exact) mass is 242 g/mol. The first-order chi connectivity index (χ1) is 8.83. The second kappa shape index (κ2) is 4.97. The molecule has 0 N–H and O–H groups in total. The highest BCUT2D eigenvalue weighted by atomic mass is 16.5. The summed E-state index contributed by atoms with van der Waals surface area (Å²) in [6, 6.07) is 9.87. The molecule has 2 nitrogen and oxygen atoms in total. The Morgan fingerprint density at radius 2 is 2.00 bits per heavy atom. The van der Waals surface area contributed by atoms with E-state index < -0.39 is 0 Å². The molecule has 0 unspecified atom stereocenters. The zero-order valence-electron chi connectivity index (χ0n) is 10.4. The molecule has 3 atom stereocenters. The van der Waals surface area contributed by atoms with E-state index in [1.807, 2.05) is 30.3 Å². The fourth-order valence-corrected chi connectivity index (χ4v) is 3.04. The second-order valence-electron chi connectivity index (χ2n) is 5.32. The van der Waals surface area contributed by atoms with Crippen LogP contribution in [0.5, 0.6) is 0 Å². The molecule has 0 amide bonds. The van der Waals surface area contributed by atoms with Crippen LogP contribution in [0.4, 0.5) is 0 Å². The van der Waals surface area contributed by atoms with Crippen LogP contribution in [-0.2, 0) is 16.1 Å². The lowest BCUT2D eigenvalue weighted by atomic mass is 9.69. The van der Waals surface area contributed by atoms with Crippen LogP contribution in [0.3, 0.4) is 0 Å². The van der Waals surface area contributed by atoms with Gasteiger partial charge in [0.25, 0.3) is 0 Å². The molecule has 1 fully saturated rings. The zero-order valence-corrected chi connectivity index (χ0v) is 10.4. The fraction of sp³-hybridized carbons (Fsp3) is 0.438. The molecule has 3 aliphatic rings. The Hall–Kier alpha value is -1.57. The Balaban J connectivity index is 1.58. The van der Waals surface area contributed by atoms with Crippen LogP contribution < -0.4 is 0 Å². The van der Waals surface area contributed by atoms with Gasteiger partial charge in [-0.25, -0.2) is 0 Å². The Bertz CT molecular complexity index is 449. The van der Waals surface area contributed by atoms with Crippen molar-refractivity contribution in [1.82, 2.24) is 0 Å². The standard InChI is InChI=1S/C16H18O2/c17-16(18-11-13-4-2-1-3-5-13)15-10-12-6-8-14(15)9-7-12/h1-6,8,12,14-15H,7,9-11H2/t12-,14+,15-/m1/s1. The molecule has 0 saturated heterocycles.